The van der Waals surface area contributed by atoms with Crippen molar-refractivity contribution in [2.24, 2.45) is 0 Å². The van der Waals surface area contributed by atoms with Crippen LogP contribution < -0.4 is 4.90 Å². The lowest BCUT2D eigenvalue weighted by molar-refractivity contribution is -0.143. The zero-order valence-corrected chi connectivity index (χ0v) is 13.6. The first-order valence-corrected chi connectivity index (χ1v) is 8.58. The predicted molar refractivity (Wildman–Crippen MR) is 85.0 cm³/mol. The van der Waals surface area contributed by atoms with E-state index in [0.29, 0.717) is 5.00 Å². The highest BCUT2D eigenvalue weighted by atomic mass is 32.2. The summed E-state index contributed by atoms with van der Waals surface area (Å²) in [7, 11) is 0. The third-order valence-corrected chi connectivity index (χ3v) is 6.12. The molecule has 2 amide bonds. The number of fused-ring (bicyclic) bond motifs is 1. The molecule has 23 heavy (non-hydrogen) atoms. The summed E-state index contributed by atoms with van der Waals surface area (Å²) in [4.78, 5) is 38.4. The molecular formula is C14H13FN2O4S2. The van der Waals surface area contributed by atoms with Gasteiger partial charge in [-0.2, -0.15) is 0 Å². The van der Waals surface area contributed by atoms with E-state index in [0.717, 1.165) is 11.8 Å². The predicted octanol–water partition coefficient (Wildman–Crippen LogP) is 1.69. The van der Waals surface area contributed by atoms with Crippen LogP contribution in [0, 0.1) is 0 Å². The van der Waals surface area contributed by atoms with Gasteiger partial charge in [-0.1, -0.05) is 0 Å². The SMILES string of the molecule is CC(=O)N(c1cccs1)C1C(=O)N2C=C(CF)C(C(=O)O)S[C@H]12. The summed E-state index contributed by atoms with van der Waals surface area (Å²) in [6.45, 7) is 0.438. The second-order valence-electron chi connectivity index (χ2n) is 5.11. The quantitative estimate of drug-likeness (QED) is 0.831. The fraction of sp³-hybridized carbons (Fsp3) is 0.357. The van der Waals surface area contributed by atoms with Crippen LogP contribution in [0.5, 0.6) is 0 Å². The molecule has 3 heterocycles. The summed E-state index contributed by atoms with van der Waals surface area (Å²) in [5.41, 5.74) is 0.0519. The monoisotopic (exact) mass is 356 g/mol. The first-order chi connectivity index (χ1) is 11.0. The van der Waals surface area contributed by atoms with Crippen molar-refractivity contribution in [3.8, 4) is 0 Å². The van der Waals surface area contributed by atoms with Gasteiger partial charge < -0.3 is 10.0 Å². The maximum absolute atomic E-state index is 13.0. The second-order valence-corrected chi connectivity index (χ2v) is 7.27. The minimum Gasteiger partial charge on any atom is -0.480 e. The summed E-state index contributed by atoms with van der Waals surface area (Å²) in [6.07, 6.45) is 1.27. The minimum absolute atomic E-state index is 0.0519. The molecule has 1 saturated heterocycles. The maximum Gasteiger partial charge on any atom is 0.321 e. The van der Waals surface area contributed by atoms with Gasteiger partial charge in [-0.15, -0.1) is 23.1 Å². The van der Waals surface area contributed by atoms with Gasteiger partial charge in [0.2, 0.25) is 5.91 Å². The second kappa shape index (κ2) is 5.97. The fourth-order valence-electron chi connectivity index (χ4n) is 2.67. The van der Waals surface area contributed by atoms with Gasteiger partial charge in [-0.3, -0.25) is 19.3 Å². The van der Waals surface area contributed by atoms with E-state index in [1.54, 1.807) is 17.5 Å². The van der Waals surface area contributed by atoms with E-state index in [1.807, 2.05) is 0 Å². The Morgan fingerprint density at radius 1 is 1.48 bits per heavy atom. The number of carbonyl (C=O) groups excluding carboxylic acids is 2. The third-order valence-electron chi connectivity index (χ3n) is 3.71. The van der Waals surface area contributed by atoms with Gasteiger partial charge in [-0.05, 0) is 17.5 Å². The molecule has 0 aliphatic carbocycles. The Labute approximate surface area is 139 Å². The lowest BCUT2D eigenvalue weighted by atomic mass is 10.0. The summed E-state index contributed by atoms with van der Waals surface area (Å²) in [5, 5.41) is 10.1. The Morgan fingerprint density at radius 3 is 2.74 bits per heavy atom. The molecule has 1 aromatic rings. The number of carboxylic acids is 1. The molecule has 1 N–H and O–H groups in total. The molecule has 2 unspecified atom stereocenters. The molecule has 3 rings (SSSR count). The van der Waals surface area contributed by atoms with E-state index >= 15 is 0 Å². The van der Waals surface area contributed by atoms with Crippen molar-refractivity contribution in [2.45, 2.75) is 23.6 Å². The Kier molecular flexibility index (Phi) is 4.15. The maximum atomic E-state index is 13.0. The van der Waals surface area contributed by atoms with Gasteiger partial charge in [0, 0.05) is 18.7 Å². The average molecular weight is 356 g/mol. The molecule has 6 nitrogen and oxygen atoms in total. The van der Waals surface area contributed by atoms with Gasteiger partial charge in [-0.25, -0.2) is 4.39 Å². The topological polar surface area (TPSA) is 77.9 Å². The van der Waals surface area contributed by atoms with Crippen LogP contribution in [-0.4, -0.2) is 51.1 Å². The standard InChI is InChI=1S/C14H13FN2O4S2/c1-7(18)17(9-3-2-4-22-9)10-12(19)16-6-8(5-15)11(14(20)21)23-13(10)16/h2-4,6,10-11,13H,5H2,1H3,(H,20,21)/t10?,11?,13-/m1/s1. The van der Waals surface area contributed by atoms with E-state index in [2.05, 4.69) is 0 Å². The lowest BCUT2D eigenvalue weighted by Crippen LogP contribution is -2.70. The average Bonchev–Trinajstić information content (AvgIpc) is 3.04. The smallest absolute Gasteiger partial charge is 0.321 e. The molecule has 2 aliphatic heterocycles. The number of β-lactam (4-membered cyclic amide) rings is 1. The van der Waals surface area contributed by atoms with Crippen molar-refractivity contribution >= 4 is 45.9 Å². The van der Waals surface area contributed by atoms with Crippen molar-refractivity contribution in [1.29, 1.82) is 0 Å². The largest absolute Gasteiger partial charge is 0.480 e. The number of hydrogen-bond donors (Lipinski definition) is 1. The number of halogens is 1. The fourth-order valence-corrected chi connectivity index (χ4v) is 4.86. The number of alkyl halides is 1. The number of amides is 2. The van der Waals surface area contributed by atoms with Gasteiger partial charge in [0.25, 0.3) is 5.91 Å². The highest BCUT2D eigenvalue weighted by Crippen LogP contribution is 2.44. The number of nitrogens with zero attached hydrogens (tertiary/aromatic N) is 2. The van der Waals surface area contributed by atoms with Crippen molar-refractivity contribution in [3.05, 3.63) is 29.3 Å². The van der Waals surface area contributed by atoms with Crippen LogP contribution >= 0.6 is 23.1 Å². The van der Waals surface area contributed by atoms with Crippen LogP contribution in [-0.2, 0) is 14.4 Å². The van der Waals surface area contributed by atoms with E-state index in [1.165, 1.54) is 34.3 Å². The lowest BCUT2D eigenvalue weighted by Gasteiger charge is -2.51. The molecule has 122 valence electrons. The molecule has 1 fully saturated rings. The Morgan fingerprint density at radius 2 is 2.22 bits per heavy atom. The molecule has 1 aromatic heterocycles. The summed E-state index contributed by atoms with van der Waals surface area (Å²) in [5.74, 6) is -1.78. The van der Waals surface area contributed by atoms with Gasteiger partial charge in [0.1, 0.15) is 23.3 Å². The normalized spacial score (nSPS) is 26.2. The number of thioether (sulfide) groups is 1. The first-order valence-electron chi connectivity index (χ1n) is 6.76. The number of rotatable bonds is 4. The number of carbonyl (C=O) groups is 3. The molecule has 3 atom stereocenters. The number of thiophene rings is 1. The van der Waals surface area contributed by atoms with E-state index in [4.69, 9.17) is 0 Å². The summed E-state index contributed by atoms with van der Waals surface area (Å²) >= 11 is 2.31. The zero-order valence-electron chi connectivity index (χ0n) is 12.0. The molecule has 0 spiro atoms. The minimum atomic E-state index is -1.15. The highest BCUT2D eigenvalue weighted by Gasteiger charge is 2.55. The third kappa shape index (κ3) is 2.53. The highest BCUT2D eigenvalue weighted by molar-refractivity contribution is 8.01. The Hall–Kier alpha value is -1.87. The van der Waals surface area contributed by atoms with Gasteiger partial charge in [0.15, 0.2) is 0 Å². The van der Waals surface area contributed by atoms with E-state index < -0.39 is 29.3 Å². The summed E-state index contributed by atoms with van der Waals surface area (Å²) < 4.78 is 13.0. The molecule has 0 bridgehead atoms. The number of anilines is 1. The molecule has 9 heteroatoms. The van der Waals surface area contributed by atoms with Crippen molar-refractivity contribution in [1.82, 2.24) is 4.90 Å². The Balaban J connectivity index is 1.92. The van der Waals surface area contributed by atoms with Crippen LogP contribution in [0.15, 0.2) is 29.3 Å². The molecule has 0 radical (unpaired) electrons. The summed E-state index contributed by atoms with van der Waals surface area (Å²) in [6, 6.07) is 2.73. The van der Waals surface area contributed by atoms with Crippen LogP contribution in [0.1, 0.15) is 6.92 Å². The van der Waals surface area contributed by atoms with Crippen molar-refractivity contribution in [3.63, 3.8) is 0 Å². The number of aliphatic carboxylic acids is 1. The van der Waals surface area contributed by atoms with Gasteiger partial charge >= 0.3 is 5.97 Å². The van der Waals surface area contributed by atoms with Crippen LogP contribution in [0.2, 0.25) is 0 Å². The number of hydrogen-bond acceptors (Lipinski definition) is 5. The first kappa shape index (κ1) is 16.0. The van der Waals surface area contributed by atoms with E-state index in [-0.39, 0.29) is 17.4 Å². The number of carboxylic acid groups (broad SMARTS) is 1. The van der Waals surface area contributed by atoms with Crippen LogP contribution in [0.3, 0.4) is 0 Å². The Bertz CT molecular complexity index is 691. The molecule has 0 saturated carbocycles. The van der Waals surface area contributed by atoms with Crippen molar-refractivity contribution < 1.29 is 23.9 Å². The molecular weight excluding hydrogens is 343 g/mol. The van der Waals surface area contributed by atoms with E-state index in [9.17, 15) is 23.9 Å². The van der Waals surface area contributed by atoms with Crippen LogP contribution in [0.25, 0.3) is 0 Å². The molecule has 0 aromatic carbocycles. The zero-order chi connectivity index (χ0) is 16.7. The van der Waals surface area contributed by atoms with Crippen LogP contribution in [0.4, 0.5) is 9.39 Å². The molecule has 2 aliphatic rings. The van der Waals surface area contributed by atoms with Crippen molar-refractivity contribution in [2.75, 3.05) is 11.6 Å². The van der Waals surface area contributed by atoms with Gasteiger partial charge in [0.05, 0.1) is 5.00 Å².